The minimum atomic E-state index is 0. The third kappa shape index (κ3) is 4.41. The van der Waals surface area contributed by atoms with Gasteiger partial charge in [0.15, 0.2) is 0 Å². The van der Waals surface area contributed by atoms with Gasteiger partial charge >= 0.3 is 0 Å². The number of aryl methyl sites for hydroxylation is 4. The predicted octanol–water partition coefficient (Wildman–Crippen LogP) is 5.82. The summed E-state index contributed by atoms with van der Waals surface area (Å²) in [6.45, 7) is 9.27. The van der Waals surface area contributed by atoms with E-state index in [0.29, 0.717) is 11.8 Å². The van der Waals surface area contributed by atoms with E-state index in [9.17, 15) is 0 Å². The summed E-state index contributed by atoms with van der Waals surface area (Å²) in [5.41, 5.74) is 9.16. The van der Waals surface area contributed by atoms with E-state index in [0.717, 1.165) is 25.7 Å². The van der Waals surface area contributed by atoms with Gasteiger partial charge in [-0.3, -0.25) is 0 Å². The molecule has 0 saturated heterocycles. The Morgan fingerprint density at radius 2 is 1.00 bits per heavy atom. The maximum Gasteiger partial charge on any atom is 0 e. The van der Waals surface area contributed by atoms with E-state index in [1.807, 2.05) is 0 Å². The summed E-state index contributed by atoms with van der Waals surface area (Å²) in [6.07, 6.45) is 4.62. The van der Waals surface area contributed by atoms with Crippen molar-refractivity contribution in [3.8, 4) is 0 Å². The summed E-state index contributed by atoms with van der Waals surface area (Å²) in [5.74, 6) is 1.23. The fraction of sp³-hybridized carbons (Fsp3) is 0.455. The molecule has 0 radical (unpaired) electrons. The van der Waals surface area contributed by atoms with E-state index >= 15 is 0 Å². The van der Waals surface area contributed by atoms with Crippen LogP contribution in [0.1, 0.15) is 72.9 Å². The van der Waals surface area contributed by atoms with E-state index in [4.69, 9.17) is 0 Å². The Labute approximate surface area is 171 Å². The van der Waals surface area contributed by atoms with Gasteiger partial charge in [-0.25, -0.2) is 0 Å². The maximum absolute atomic E-state index is 2.46. The standard InChI is InChI=1S/C22H28.Ar/c1-15(2)21-13-17-5-9-19(21)11-7-18-6-10-20(12-8-17)22(14-18)16(3)4;/h5-6,9-10,13-16H,7-8,11-12H2,1-4H3;. The minimum absolute atomic E-state index is 0. The first-order valence-electron chi connectivity index (χ1n) is 8.78. The van der Waals surface area contributed by atoms with Crippen LogP contribution in [0.3, 0.4) is 0 Å². The summed E-state index contributed by atoms with van der Waals surface area (Å²) in [5, 5.41) is 0. The summed E-state index contributed by atoms with van der Waals surface area (Å²) in [4.78, 5) is 0. The fourth-order valence-corrected chi connectivity index (χ4v) is 3.69. The maximum atomic E-state index is 2.46. The molecule has 0 unspecified atom stereocenters. The Morgan fingerprint density at radius 1 is 0.609 bits per heavy atom. The zero-order valence-electron chi connectivity index (χ0n) is 14.8. The Kier molecular flexibility index (Phi) is 6.77. The zero-order chi connectivity index (χ0) is 15.7. The van der Waals surface area contributed by atoms with Crippen molar-refractivity contribution in [2.45, 2.75) is 65.2 Å². The van der Waals surface area contributed by atoms with E-state index < -0.39 is 0 Å². The predicted molar refractivity (Wildman–Crippen MR) is 95.9 cm³/mol. The van der Waals surface area contributed by atoms with E-state index in [1.165, 1.54) is 22.3 Å². The topological polar surface area (TPSA) is 0 Å². The molecule has 0 nitrogen and oxygen atoms in total. The van der Waals surface area contributed by atoms with Crippen molar-refractivity contribution >= 4 is 0 Å². The molecule has 1 heteroatoms. The first-order chi connectivity index (χ1) is 10.5. The average molecular weight is 332 g/mol. The van der Waals surface area contributed by atoms with Gasteiger partial charge in [-0.1, -0.05) is 64.1 Å². The Hall–Kier alpha value is -0.300. The van der Waals surface area contributed by atoms with Crippen LogP contribution < -0.4 is 0 Å². The van der Waals surface area contributed by atoms with Crippen LogP contribution in [0.25, 0.3) is 0 Å². The fourth-order valence-electron chi connectivity index (χ4n) is 3.69. The van der Waals surface area contributed by atoms with Gasteiger partial charge in [0.2, 0.25) is 0 Å². The largest absolute Gasteiger partial charge is 0.0587 e. The quantitative estimate of drug-likeness (QED) is 0.650. The van der Waals surface area contributed by atoms with Gasteiger partial charge in [0.1, 0.15) is 0 Å². The molecule has 0 fully saturated rings. The van der Waals surface area contributed by atoms with E-state index in [2.05, 4.69) is 64.1 Å². The first-order valence-corrected chi connectivity index (χ1v) is 8.78. The third-order valence-corrected chi connectivity index (χ3v) is 5.03. The molecular weight excluding hydrogens is 304 g/mol. The van der Waals surface area contributed by atoms with Crippen LogP contribution in [0.2, 0.25) is 0 Å². The van der Waals surface area contributed by atoms with Gasteiger partial charge in [-0.05, 0) is 70.9 Å². The SMILES string of the molecule is CC(C)c1cc2ccc1CCc1ccc(c(C(C)C)c1)CC2.[Ar]. The zero-order valence-corrected chi connectivity index (χ0v) is 15.5. The molecule has 0 heterocycles. The molecule has 0 aromatic heterocycles. The molecule has 0 amide bonds. The van der Waals surface area contributed by atoms with Crippen molar-refractivity contribution < 1.29 is 37.7 Å². The Balaban J connectivity index is 0.00000192. The molecule has 23 heavy (non-hydrogen) atoms. The Morgan fingerprint density at radius 3 is 1.35 bits per heavy atom. The Bertz CT molecular complexity index is 608. The van der Waals surface area contributed by atoms with Crippen LogP contribution in [-0.4, -0.2) is 0 Å². The molecule has 0 aliphatic heterocycles. The van der Waals surface area contributed by atoms with Crippen molar-refractivity contribution in [1.82, 2.24) is 0 Å². The molecule has 2 aromatic rings. The second-order valence-electron chi connectivity index (χ2n) is 7.38. The van der Waals surface area contributed by atoms with Gasteiger partial charge < -0.3 is 0 Å². The molecule has 0 atom stereocenters. The van der Waals surface area contributed by atoms with Crippen LogP contribution in [-0.2, 0) is 25.7 Å². The van der Waals surface area contributed by atoms with Crippen molar-refractivity contribution in [3.63, 3.8) is 0 Å². The van der Waals surface area contributed by atoms with Crippen molar-refractivity contribution in [2.24, 2.45) is 0 Å². The van der Waals surface area contributed by atoms with Crippen molar-refractivity contribution in [1.29, 1.82) is 0 Å². The van der Waals surface area contributed by atoms with Crippen LogP contribution in [0.4, 0.5) is 0 Å². The molecule has 0 N–H and O–H groups in total. The molecule has 4 aliphatic carbocycles. The van der Waals surface area contributed by atoms with Crippen molar-refractivity contribution in [3.05, 3.63) is 69.8 Å². The monoisotopic (exact) mass is 332 g/mol. The molecule has 0 spiro atoms. The molecule has 2 aromatic carbocycles. The molecular formula is C22H28Ar. The second kappa shape index (κ2) is 8.19. The van der Waals surface area contributed by atoms with Gasteiger partial charge in [0, 0.05) is 37.7 Å². The summed E-state index contributed by atoms with van der Waals surface area (Å²) in [6, 6.07) is 14.4. The second-order valence-corrected chi connectivity index (χ2v) is 7.38. The first kappa shape index (κ1) is 19.0. The number of rotatable bonds is 2. The smallest absolute Gasteiger partial charge is 0 e. The van der Waals surface area contributed by atoms with Gasteiger partial charge in [-0.15, -0.1) is 0 Å². The van der Waals surface area contributed by atoms with Crippen LogP contribution in [0, 0.1) is 37.7 Å². The third-order valence-electron chi connectivity index (χ3n) is 5.03. The van der Waals surface area contributed by atoms with Crippen LogP contribution >= 0.6 is 0 Å². The van der Waals surface area contributed by atoms with Crippen molar-refractivity contribution in [2.75, 3.05) is 0 Å². The molecule has 4 bridgehead atoms. The molecule has 0 saturated carbocycles. The average Bonchev–Trinajstić information content (AvgIpc) is 2.49. The summed E-state index contributed by atoms with van der Waals surface area (Å²) < 4.78 is 0. The summed E-state index contributed by atoms with van der Waals surface area (Å²) >= 11 is 0. The van der Waals surface area contributed by atoms with E-state index in [-0.39, 0.29) is 37.7 Å². The van der Waals surface area contributed by atoms with E-state index in [1.54, 1.807) is 11.1 Å². The van der Waals surface area contributed by atoms with Crippen LogP contribution in [0.5, 0.6) is 0 Å². The van der Waals surface area contributed by atoms with Gasteiger partial charge in [0.25, 0.3) is 0 Å². The van der Waals surface area contributed by atoms with Crippen LogP contribution in [0.15, 0.2) is 36.4 Å². The normalized spacial score (nSPS) is 13.8. The minimum Gasteiger partial charge on any atom is -0.0587 e. The molecule has 124 valence electrons. The van der Waals surface area contributed by atoms with Gasteiger partial charge in [0.05, 0.1) is 0 Å². The number of benzene rings is 2. The number of hydrogen-bond donors (Lipinski definition) is 0. The number of hydrogen-bond acceptors (Lipinski definition) is 0. The molecule has 6 rings (SSSR count). The molecule has 4 aliphatic rings. The summed E-state index contributed by atoms with van der Waals surface area (Å²) in [7, 11) is 0. The van der Waals surface area contributed by atoms with Gasteiger partial charge in [-0.2, -0.15) is 0 Å².